The molecule has 112 valence electrons. The number of carbonyl (C=O) groups excluding carboxylic acids is 1. The monoisotopic (exact) mass is 278 g/mol. The first-order chi connectivity index (χ1) is 9.81. The summed E-state index contributed by atoms with van der Waals surface area (Å²) in [5, 5.41) is 0. The van der Waals surface area contributed by atoms with E-state index in [0.29, 0.717) is 24.3 Å². The smallest absolute Gasteiger partial charge is 0.223 e. The van der Waals surface area contributed by atoms with Gasteiger partial charge in [-0.2, -0.15) is 0 Å². The van der Waals surface area contributed by atoms with E-state index in [4.69, 9.17) is 4.74 Å². The van der Waals surface area contributed by atoms with Crippen molar-refractivity contribution in [2.24, 2.45) is 5.92 Å². The van der Waals surface area contributed by atoms with E-state index >= 15 is 0 Å². The van der Waals surface area contributed by atoms with Crippen molar-refractivity contribution in [3.05, 3.63) is 12.2 Å². The van der Waals surface area contributed by atoms with Gasteiger partial charge in [0.1, 0.15) is 0 Å². The van der Waals surface area contributed by atoms with Crippen molar-refractivity contribution in [3.8, 4) is 0 Å². The molecule has 0 radical (unpaired) electrons. The summed E-state index contributed by atoms with van der Waals surface area (Å²) in [6, 6.07) is 0. The molecule has 0 aromatic carbocycles. The minimum Gasteiger partial charge on any atom is -0.377 e. The zero-order valence-electron chi connectivity index (χ0n) is 12.3. The van der Waals surface area contributed by atoms with E-state index in [9.17, 15) is 4.79 Å². The van der Waals surface area contributed by atoms with E-state index in [1.165, 1.54) is 12.8 Å². The molecule has 0 unspecified atom stereocenters. The third kappa shape index (κ3) is 3.61. The largest absolute Gasteiger partial charge is 0.377 e. The number of hydrogen-bond donors (Lipinski definition) is 0. The molecule has 1 amide bonds. The quantitative estimate of drug-likeness (QED) is 0.733. The maximum Gasteiger partial charge on any atom is 0.223 e. The first kappa shape index (κ1) is 14.1. The second kappa shape index (κ2) is 6.72. The molecule has 2 heterocycles. The Bertz CT molecular complexity index is 355. The van der Waals surface area contributed by atoms with Gasteiger partial charge in [0.05, 0.1) is 6.10 Å². The number of nitrogens with zero attached hydrogens (tertiary/aromatic N) is 2. The van der Waals surface area contributed by atoms with E-state index in [0.717, 1.165) is 52.2 Å². The zero-order valence-corrected chi connectivity index (χ0v) is 12.3. The van der Waals surface area contributed by atoms with Crippen LogP contribution in [0.3, 0.4) is 0 Å². The highest BCUT2D eigenvalue weighted by Crippen LogP contribution is 2.22. The molecule has 2 saturated heterocycles. The molecule has 3 aliphatic rings. The van der Waals surface area contributed by atoms with E-state index in [-0.39, 0.29) is 0 Å². The van der Waals surface area contributed by atoms with Gasteiger partial charge in [-0.1, -0.05) is 12.2 Å². The van der Waals surface area contributed by atoms with Crippen molar-refractivity contribution in [1.29, 1.82) is 0 Å². The summed E-state index contributed by atoms with van der Waals surface area (Å²) in [7, 11) is 0. The standard InChI is InChI=1S/C16H26N2O2/c19-16(12-14-4-1-2-5-14)18-9-7-17(8-10-18)13-15-6-3-11-20-15/h1,4,14-15H,2-3,5-13H2/t14-,15-/m0/s1. The maximum absolute atomic E-state index is 12.3. The Hall–Kier alpha value is -0.870. The lowest BCUT2D eigenvalue weighted by molar-refractivity contribution is -0.133. The molecule has 2 fully saturated rings. The zero-order chi connectivity index (χ0) is 13.8. The molecule has 2 atom stereocenters. The van der Waals surface area contributed by atoms with Gasteiger partial charge in [0.15, 0.2) is 0 Å². The van der Waals surface area contributed by atoms with Gasteiger partial charge in [-0.3, -0.25) is 9.69 Å². The van der Waals surface area contributed by atoms with Gasteiger partial charge in [-0.05, 0) is 31.6 Å². The molecule has 0 saturated carbocycles. The number of piperazine rings is 1. The van der Waals surface area contributed by atoms with Crippen LogP contribution < -0.4 is 0 Å². The summed E-state index contributed by atoms with van der Waals surface area (Å²) in [4.78, 5) is 16.8. The van der Waals surface area contributed by atoms with Crippen LogP contribution in [0.1, 0.15) is 32.1 Å². The van der Waals surface area contributed by atoms with Crippen molar-refractivity contribution in [2.45, 2.75) is 38.2 Å². The minimum atomic E-state index is 0.346. The maximum atomic E-state index is 12.3. The van der Waals surface area contributed by atoms with Crippen LogP contribution in [0.15, 0.2) is 12.2 Å². The average Bonchev–Trinajstić information content (AvgIpc) is 3.13. The predicted octanol–water partition coefficient (Wildman–Crippen LogP) is 1.67. The van der Waals surface area contributed by atoms with Crippen LogP contribution in [0.5, 0.6) is 0 Å². The van der Waals surface area contributed by atoms with Crippen LogP contribution in [0, 0.1) is 5.92 Å². The van der Waals surface area contributed by atoms with Crippen LogP contribution in [0.25, 0.3) is 0 Å². The number of carbonyl (C=O) groups is 1. The summed E-state index contributed by atoms with van der Waals surface area (Å²) in [6.45, 7) is 5.77. The van der Waals surface area contributed by atoms with Gasteiger partial charge in [-0.25, -0.2) is 0 Å². The Morgan fingerprint density at radius 3 is 2.70 bits per heavy atom. The Morgan fingerprint density at radius 2 is 2.05 bits per heavy atom. The lowest BCUT2D eigenvalue weighted by Gasteiger charge is -2.36. The first-order valence-electron chi connectivity index (χ1n) is 8.09. The van der Waals surface area contributed by atoms with Gasteiger partial charge in [0.2, 0.25) is 5.91 Å². The van der Waals surface area contributed by atoms with Gasteiger partial charge < -0.3 is 9.64 Å². The van der Waals surface area contributed by atoms with Crippen molar-refractivity contribution < 1.29 is 9.53 Å². The normalized spacial score (nSPS) is 31.1. The average molecular weight is 278 g/mol. The van der Waals surface area contributed by atoms with Crippen LogP contribution in [-0.2, 0) is 9.53 Å². The highest BCUT2D eigenvalue weighted by molar-refractivity contribution is 5.76. The SMILES string of the molecule is O=C(C[C@H]1C=CCC1)N1CCN(C[C@@H]2CCCO2)CC1. The molecule has 0 N–H and O–H groups in total. The van der Waals surface area contributed by atoms with Crippen molar-refractivity contribution in [3.63, 3.8) is 0 Å². The third-order valence-corrected chi connectivity index (χ3v) is 4.76. The molecule has 4 nitrogen and oxygen atoms in total. The van der Waals surface area contributed by atoms with Crippen LogP contribution in [-0.4, -0.2) is 61.1 Å². The highest BCUT2D eigenvalue weighted by Gasteiger charge is 2.26. The molecule has 0 aromatic heterocycles. The van der Waals surface area contributed by atoms with Gasteiger partial charge in [-0.15, -0.1) is 0 Å². The predicted molar refractivity (Wildman–Crippen MR) is 78.5 cm³/mol. The van der Waals surface area contributed by atoms with Gasteiger partial charge in [0, 0.05) is 45.8 Å². The molecule has 2 aliphatic heterocycles. The van der Waals surface area contributed by atoms with E-state index in [1.807, 2.05) is 0 Å². The van der Waals surface area contributed by atoms with E-state index in [2.05, 4.69) is 22.0 Å². The number of hydrogen-bond acceptors (Lipinski definition) is 3. The second-order valence-electron chi connectivity index (χ2n) is 6.29. The van der Waals surface area contributed by atoms with E-state index < -0.39 is 0 Å². The number of ether oxygens (including phenoxy) is 1. The van der Waals surface area contributed by atoms with E-state index in [1.54, 1.807) is 0 Å². The Labute approximate surface area is 121 Å². The summed E-state index contributed by atoms with van der Waals surface area (Å²) >= 11 is 0. The van der Waals surface area contributed by atoms with Crippen LogP contribution in [0.2, 0.25) is 0 Å². The molecule has 0 spiro atoms. The second-order valence-corrected chi connectivity index (χ2v) is 6.29. The number of amides is 1. The van der Waals surface area contributed by atoms with Crippen molar-refractivity contribution >= 4 is 5.91 Å². The van der Waals surface area contributed by atoms with Gasteiger partial charge in [0.25, 0.3) is 0 Å². The first-order valence-corrected chi connectivity index (χ1v) is 8.09. The molecule has 0 bridgehead atoms. The van der Waals surface area contributed by atoms with Gasteiger partial charge >= 0.3 is 0 Å². The molecule has 0 aromatic rings. The molecular formula is C16H26N2O2. The molecule has 20 heavy (non-hydrogen) atoms. The topological polar surface area (TPSA) is 32.8 Å². The third-order valence-electron chi connectivity index (χ3n) is 4.76. The Balaban J connectivity index is 1.38. The fourth-order valence-corrected chi connectivity index (χ4v) is 3.47. The summed E-state index contributed by atoms with van der Waals surface area (Å²) in [5.74, 6) is 0.839. The lowest BCUT2D eigenvalue weighted by Crippen LogP contribution is -2.50. The molecule has 4 heteroatoms. The number of rotatable bonds is 4. The molecule has 1 aliphatic carbocycles. The fourth-order valence-electron chi connectivity index (χ4n) is 3.47. The Morgan fingerprint density at radius 1 is 1.20 bits per heavy atom. The number of allylic oxidation sites excluding steroid dienone is 2. The molecular weight excluding hydrogens is 252 g/mol. The summed E-state index contributed by atoms with van der Waals surface area (Å²) in [5.41, 5.74) is 0. The molecule has 3 rings (SSSR count). The summed E-state index contributed by atoms with van der Waals surface area (Å²) in [6.07, 6.45) is 10.3. The minimum absolute atomic E-state index is 0.346. The van der Waals surface area contributed by atoms with Crippen LogP contribution in [0.4, 0.5) is 0 Å². The van der Waals surface area contributed by atoms with Crippen LogP contribution >= 0.6 is 0 Å². The van der Waals surface area contributed by atoms with Crippen molar-refractivity contribution in [2.75, 3.05) is 39.3 Å². The fraction of sp³-hybridized carbons (Fsp3) is 0.812. The lowest BCUT2D eigenvalue weighted by atomic mass is 10.0. The highest BCUT2D eigenvalue weighted by atomic mass is 16.5. The van der Waals surface area contributed by atoms with Crippen molar-refractivity contribution in [1.82, 2.24) is 9.80 Å². The summed E-state index contributed by atoms with van der Waals surface area (Å²) < 4.78 is 5.69. The Kier molecular flexibility index (Phi) is 4.73.